The number of benzene rings is 2. The average Bonchev–Trinajstić information content (AvgIpc) is 2.53. The molecule has 0 aromatic heterocycles. The van der Waals surface area contributed by atoms with E-state index in [1.807, 2.05) is 6.07 Å². The fourth-order valence-corrected chi connectivity index (χ4v) is 2.09. The van der Waals surface area contributed by atoms with Crippen molar-refractivity contribution in [2.75, 3.05) is 6.61 Å². The van der Waals surface area contributed by atoms with Crippen molar-refractivity contribution in [1.82, 2.24) is 5.43 Å². The number of nitrogens with one attached hydrogen (secondary N) is 1. The van der Waals surface area contributed by atoms with Crippen molar-refractivity contribution in [3.63, 3.8) is 0 Å². The summed E-state index contributed by atoms with van der Waals surface area (Å²) in [5.74, 6) is -1.23. The van der Waals surface area contributed by atoms with Gasteiger partial charge in [0, 0.05) is 15.6 Å². The Bertz CT molecular complexity index is 746. The molecule has 0 saturated heterocycles. The number of amides is 1. The molecule has 2 rings (SSSR count). The maximum atomic E-state index is 11.6. The van der Waals surface area contributed by atoms with Crippen LogP contribution in [0.3, 0.4) is 0 Å². The monoisotopic (exact) mass is 375 g/mol. The molecule has 0 aliphatic heterocycles. The van der Waals surface area contributed by atoms with E-state index >= 15 is 0 Å². The molecule has 0 fully saturated rings. The second kappa shape index (κ2) is 8.09. The number of hydrogen-bond donors (Lipinski definition) is 1. The van der Waals surface area contributed by atoms with E-state index in [1.165, 1.54) is 12.3 Å². The number of carbonyl (C=O) groups excluding carboxylic acids is 2. The number of carbonyl (C=O) groups is 2. The molecule has 0 unspecified atom stereocenters. The summed E-state index contributed by atoms with van der Waals surface area (Å²) in [6, 6.07) is 13.3. The average molecular weight is 376 g/mol. The summed E-state index contributed by atoms with van der Waals surface area (Å²) in [7, 11) is 0. The van der Waals surface area contributed by atoms with Gasteiger partial charge in [0.05, 0.1) is 12.2 Å². The molecule has 0 saturated carbocycles. The van der Waals surface area contributed by atoms with Crippen LogP contribution in [-0.2, 0) is 4.79 Å². The minimum absolute atomic E-state index is 0.00381. The predicted molar refractivity (Wildman–Crippen MR) is 86.1 cm³/mol. The van der Waals surface area contributed by atoms with Crippen molar-refractivity contribution in [3.05, 3.63) is 64.1 Å². The highest BCUT2D eigenvalue weighted by Gasteiger charge is 2.03. The topological polar surface area (TPSA) is 90.8 Å². The van der Waals surface area contributed by atoms with E-state index < -0.39 is 11.9 Å². The zero-order valence-corrected chi connectivity index (χ0v) is 13.4. The molecule has 118 valence electrons. The number of rotatable bonds is 6. The van der Waals surface area contributed by atoms with Crippen LogP contribution in [0, 0.1) is 0 Å². The van der Waals surface area contributed by atoms with Gasteiger partial charge in [0.1, 0.15) is 5.75 Å². The summed E-state index contributed by atoms with van der Waals surface area (Å²) in [4.78, 5) is 22.5. The summed E-state index contributed by atoms with van der Waals surface area (Å²) < 4.78 is 6.13. The van der Waals surface area contributed by atoms with Crippen LogP contribution in [0.1, 0.15) is 15.9 Å². The minimum Gasteiger partial charge on any atom is -0.545 e. The third-order valence-corrected chi connectivity index (χ3v) is 3.23. The Hall–Kier alpha value is -2.67. The molecule has 0 aliphatic rings. The second-order valence-electron chi connectivity index (χ2n) is 4.41. The third kappa shape index (κ3) is 5.23. The van der Waals surface area contributed by atoms with Gasteiger partial charge in [-0.15, -0.1) is 0 Å². The van der Waals surface area contributed by atoms with Crippen molar-refractivity contribution in [2.45, 2.75) is 0 Å². The lowest BCUT2D eigenvalue weighted by Gasteiger charge is -2.06. The first-order chi connectivity index (χ1) is 11.1. The maximum absolute atomic E-state index is 11.6. The Kier molecular flexibility index (Phi) is 5.87. The smallest absolute Gasteiger partial charge is 0.277 e. The largest absolute Gasteiger partial charge is 0.545 e. The standard InChI is InChI=1S/C16H13BrN2O4/c17-12-5-3-6-13(8-12)23-10-15(20)19-18-9-11-4-1-2-7-14(11)16(21)22/h1-9H,10H2,(H,19,20)(H,21,22)/p-1/b18-9-. The van der Waals surface area contributed by atoms with Gasteiger partial charge in [0.25, 0.3) is 5.91 Å². The summed E-state index contributed by atoms with van der Waals surface area (Å²) in [6.07, 6.45) is 1.24. The Morgan fingerprint density at radius 1 is 1.22 bits per heavy atom. The van der Waals surface area contributed by atoms with E-state index in [1.54, 1.807) is 36.4 Å². The van der Waals surface area contributed by atoms with Gasteiger partial charge < -0.3 is 14.6 Å². The summed E-state index contributed by atoms with van der Waals surface area (Å²) >= 11 is 3.30. The van der Waals surface area contributed by atoms with Crippen molar-refractivity contribution in [1.29, 1.82) is 0 Å². The van der Waals surface area contributed by atoms with Gasteiger partial charge in [-0.1, -0.05) is 46.3 Å². The van der Waals surface area contributed by atoms with Crippen LogP contribution in [0.5, 0.6) is 5.75 Å². The predicted octanol–water partition coefficient (Wildman–Crippen LogP) is 1.34. The SMILES string of the molecule is O=C(COc1cccc(Br)c1)N/N=C\c1ccccc1C(=O)[O-]. The molecule has 0 spiro atoms. The van der Waals surface area contributed by atoms with Crippen LogP contribution in [0.4, 0.5) is 0 Å². The molecule has 2 aromatic carbocycles. The Morgan fingerprint density at radius 3 is 2.74 bits per heavy atom. The molecule has 6 nitrogen and oxygen atoms in total. The number of nitrogens with zero attached hydrogens (tertiary/aromatic N) is 1. The third-order valence-electron chi connectivity index (χ3n) is 2.74. The molecule has 0 heterocycles. The first-order valence-electron chi connectivity index (χ1n) is 6.57. The number of hydrogen-bond acceptors (Lipinski definition) is 5. The van der Waals surface area contributed by atoms with Crippen LogP contribution in [0.2, 0.25) is 0 Å². The first kappa shape index (κ1) is 16.7. The molecular weight excluding hydrogens is 364 g/mol. The lowest BCUT2D eigenvalue weighted by atomic mass is 10.1. The number of carboxylic acid groups (broad SMARTS) is 1. The molecule has 23 heavy (non-hydrogen) atoms. The van der Waals surface area contributed by atoms with Gasteiger partial charge in [-0.2, -0.15) is 5.10 Å². The fourth-order valence-electron chi connectivity index (χ4n) is 1.71. The van der Waals surface area contributed by atoms with E-state index in [9.17, 15) is 14.7 Å². The van der Waals surface area contributed by atoms with Crippen molar-refractivity contribution >= 4 is 34.0 Å². The van der Waals surface area contributed by atoms with Crippen molar-refractivity contribution < 1.29 is 19.4 Å². The van der Waals surface area contributed by atoms with Gasteiger partial charge in [-0.3, -0.25) is 4.79 Å². The molecule has 1 N–H and O–H groups in total. The first-order valence-corrected chi connectivity index (χ1v) is 7.36. The second-order valence-corrected chi connectivity index (χ2v) is 5.33. The number of carboxylic acids is 1. The Morgan fingerprint density at radius 2 is 2.00 bits per heavy atom. The zero-order chi connectivity index (χ0) is 16.7. The Labute approximate surface area is 140 Å². The number of ether oxygens (including phenoxy) is 1. The molecule has 2 aromatic rings. The van der Waals surface area contributed by atoms with Crippen LogP contribution < -0.4 is 15.3 Å². The van der Waals surface area contributed by atoms with Crippen molar-refractivity contribution in [2.24, 2.45) is 5.10 Å². The van der Waals surface area contributed by atoms with E-state index in [4.69, 9.17) is 4.74 Å². The molecule has 0 atom stereocenters. The molecule has 0 bridgehead atoms. The number of aromatic carboxylic acids is 1. The normalized spacial score (nSPS) is 10.5. The maximum Gasteiger partial charge on any atom is 0.277 e. The summed E-state index contributed by atoms with van der Waals surface area (Å²) in [5, 5.41) is 14.6. The van der Waals surface area contributed by atoms with Gasteiger partial charge in [0.15, 0.2) is 6.61 Å². The van der Waals surface area contributed by atoms with Gasteiger partial charge >= 0.3 is 0 Å². The van der Waals surface area contributed by atoms with E-state index in [2.05, 4.69) is 26.5 Å². The highest BCUT2D eigenvalue weighted by molar-refractivity contribution is 9.10. The molecule has 1 amide bonds. The molecule has 7 heteroatoms. The molecule has 0 aliphatic carbocycles. The van der Waals surface area contributed by atoms with Crippen LogP contribution in [-0.4, -0.2) is 24.7 Å². The van der Waals surface area contributed by atoms with E-state index in [0.717, 1.165) is 4.47 Å². The van der Waals surface area contributed by atoms with Crippen LogP contribution in [0.25, 0.3) is 0 Å². The van der Waals surface area contributed by atoms with Crippen molar-refractivity contribution in [3.8, 4) is 5.75 Å². The van der Waals surface area contributed by atoms with Gasteiger partial charge in [-0.05, 0) is 18.2 Å². The van der Waals surface area contributed by atoms with E-state index in [-0.39, 0.29) is 12.2 Å². The number of hydrazone groups is 1. The highest BCUT2D eigenvalue weighted by atomic mass is 79.9. The quantitative estimate of drug-likeness (QED) is 0.609. The lowest BCUT2D eigenvalue weighted by molar-refractivity contribution is -0.255. The van der Waals surface area contributed by atoms with Crippen LogP contribution in [0.15, 0.2) is 58.1 Å². The molecule has 0 radical (unpaired) electrons. The fraction of sp³-hybridized carbons (Fsp3) is 0.0625. The number of halogens is 1. The summed E-state index contributed by atoms with van der Waals surface area (Å²) in [5.41, 5.74) is 2.59. The van der Waals surface area contributed by atoms with Crippen LogP contribution >= 0.6 is 15.9 Å². The van der Waals surface area contributed by atoms with E-state index in [0.29, 0.717) is 11.3 Å². The zero-order valence-electron chi connectivity index (χ0n) is 11.9. The minimum atomic E-state index is -1.31. The van der Waals surface area contributed by atoms with Gasteiger partial charge in [-0.25, -0.2) is 5.43 Å². The highest BCUT2D eigenvalue weighted by Crippen LogP contribution is 2.17. The summed E-state index contributed by atoms with van der Waals surface area (Å²) in [6.45, 7) is -0.212. The lowest BCUT2D eigenvalue weighted by Crippen LogP contribution is -2.25. The Balaban J connectivity index is 1.88. The van der Waals surface area contributed by atoms with Gasteiger partial charge in [0.2, 0.25) is 0 Å². The molecular formula is C16H12BrN2O4-.